The van der Waals surface area contributed by atoms with E-state index >= 15 is 0 Å². The van der Waals surface area contributed by atoms with E-state index in [1.807, 2.05) is 0 Å². The molecule has 1 atom stereocenters. The molecule has 0 aliphatic carbocycles. The lowest BCUT2D eigenvalue weighted by atomic mass is 10.2. The molecule has 17 heavy (non-hydrogen) atoms. The molecular formula is C9H12Br2ClNO2S2. The Morgan fingerprint density at radius 2 is 2.24 bits per heavy atom. The summed E-state index contributed by atoms with van der Waals surface area (Å²) in [7, 11) is -3.45. The largest absolute Gasteiger partial charge is 0.250 e. The molecule has 1 rings (SSSR count). The van der Waals surface area contributed by atoms with Crippen molar-refractivity contribution < 1.29 is 8.42 Å². The maximum absolute atomic E-state index is 11.9. The summed E-state index contributed by atoms with van der Waals surface area (Å²) in [6, 6.07) is 1.45. The number of nitrogens with one attached hydrogen (secondary N) is 1. The van der Waals surface area contributed by atoms with Gasteiger partial charge in [-0.1, -0.05) is 40.9 Å². The summed E-state index contributed by atoms with van der Waals surface area (Å²) in [6.07, 6.45) is 1.94. The van der Waals surface area contributed by atoms with Crippen LogP contribution in [0, 0.1) is 0 Å². The SMILES string of the molecule is CCCC(Br)CNS(=O)(=O)c1cc(Cl)c(Br)s1. The van der Waals surface area contributed by atoms with Crippen molar-refractivity contribution in [3.8, 4) is 0 Å². The predicted octanol–water partition coefficient (Wildman–Crippen LogP) is 4.01. The van der Waals surface area contributed by atoms with Crippen molar-refractivity contribution in [3.05, 3.63) is 14.9 Å². The van der Waals surface area contributed by atoms with E-state index in [0.29, 0.717) is 15.4 Å². The van der Waals surface area contributed by atoms with E-state index in [0.717, 1.165) is 24.2 Å². The van der Waals surface area contributed by atoms with E-state index in [2.05, 4.69) is 43.5 Å². The van der Waals surface area contributed by atoms with Crippen LogP contribution >= 0.6 is 54.8 Å². The van der Waals surface area contributed by atoms with Crippen LogP contribution in [0.25, 0.3) is 0 Å². The molecule has 8 heteroatoms. The molecule has 1 N–H and O–H groups in total. The zero-order chi connectivity index (χ0) is 13.1. The zero-order valence-corrected chi connectivity index (χ0v) is 14.6. The molecule has 0 amide bonds. The molecule has 0 saturated heterocycles. The summed E-state index contributed by atoms with van der Waals surface area (Å²) in [4.78, 5) is 0.154. The quantitative estimate of drug-likeness (QED) is 0.700. The summed E-state index contributed by atoms with van der Waals surface area (Å²) < 4.78 is 27.2. The lowest BCUT2D eigenvalue weighted by molar-refractivity contribution is 0.580. The van der Waals surface area contributed by atoms with Gasteiger partial charge in [-0.25, -0.2) is 13.1 Å². The maximum atomic E-state index is 11.9. The number of rotatable bonds is 6. The van der Waals surface area contributed by atoms with Crippen LogP contribution in [0.3, 0.4) is 0 Å². The molecule has 1 unspecified atom stereocenters. The summed E-state index contributed by atoms with van der Waals surface area (Å²) >= 11 is 13.5. The molecule has 0 aromatic carbocycles. The van der Waals surface area contributed by atoms with Crippen LogP contribution in [-0.4, -0.2) is 19.8 Å². The van der Waals surface area contributed by atoms with Gasteiger partial charge < -0.3 is 0 Å². The lowest BCUT2D eigenvalue weighted by Crippen LogP contribution is -2.29. The van der Waals surface area contributed by atoms with Crippen molar-refractivity contribution in [2.45, 2.75) is 28.8 Å². The smallest absolute Gasteiger partial charge is 0.209 e. The molecule has 0 aliphatic rings. The Balaban J connectivity index is 2.69. The van der Waals surface area contributed by atoms with E-state index in [9.17, 15) is 8.42 Å². The maximum Gasteiger partial charge on any atom is 0.250 e. The van der Waals surface area contributed by atoms with Crippen molar-refractivity contribution >= 4 is 64.8 Å². The van der Waals surface area contributed by atoms with Crippen LogP contribution < -0.4 is 4.72 Å². The first-order chi connectivity index (χ1) is 7.86. The molecule has 98 valence electrons. The van der Waals surface area contributed by atoms with Crippen LogP contribution in [0.15, 0.2) is 14.1 Å². The molecule has 1 aromatic heterocycles. The van der Waals surface area contributed by atoms with Gasteiger partial charge in [0.25, 0.3) is 0 Å². The van der Waals surface area contributed by atoms with Gasteiger partial charge >= 0.3 is 0 Å². The third-order valence-corrected chi connectivity index (χ3v) is 7.14. The third-order valence-electron chi connectivity index (χ3n) is 1.98. The molecule has 0 aliphatic heterocycles. The second-order valence-corrected chi connectivity index (χ2v) is 9.49. The number of hydrogen-bond donors (Lipinski definition) is 1. The second kappa shape index (κ2) is 6.86. The first-order valence-corrected chi connectivity index (χ1v) is 9.34. The van der Waals surface area contributed by atoms with Crippen LogP contribution in [0.5, 0.6) is 0 Å². The fourth-order valence-electron chi connectivity index (χ4n) is 1.15. The van der Waals surface area contributed by atoms with Gasteiger partial charge in [0, 0.05) is 11.4 Å². The van der Waals surface area contributed by atoms with E-state index in [1.54, 1.807) is 0 Å². The van der Waals surface area contributed by atoms with Crippen molar-refractivity contribution in [1.82, 2.24) is 4.72 Å². The number of thiophene rings is 1. The number of halogens is 3. The highest BCUT2D eigenvalue weighted by atomic mass is 79.9. The van der Waals surface area contributed by atoms with Crippen molar-refractivity contribution in [2.24, 2.45) is 0 Å². The van der Waals surface area contributed by atoms with Gasteiger partial charge in [-0.3, -0.25) is 0 Å². The number of alkyl halides is 1. The molecule has 0 bridgehead atoms. The molecule has 3 nitrogen and oxygen atoms in total. The van der Waals surface area contributed by atoms with Crippen LogP contribution in [0.4, 0.5) is 0 Å². The van der Waals surface area contributed by atoms with Gasteiger partial charge in [-0.15, -0.1) is 11.3 Å². The molecular weight excluding hydrogens is 413 g/mol. The summed E-state index contributed by atoms with van der Waals surface area (Å²) in [6.45, 7) is 2.43. The highest BCUT2D eigenvalue weighted by molar-refractivity contribution is 9.11. The van der Waals surface area contributed by atoms with E-state index in [-0.39, 0.29) is 9.04 Å². The normalized spacial score (nSPS) is 13.9. The molecule has 0 radical (unpaired) electrons. The highest BCUT2D eigenvalue weighted by Gasteiger charge is 2.19. The molecule has 0 saturated carbocycles. The second-order valence-electron chi connectivity index (χ2n) is 3.42. The molecule has 1 heterocycles. The Hall–Kier alpha value is 0.860. The van der Waals surface area contributed by atoms with Crippen molar-refractivity contribution in [2.75, 3.05) is 6.54 Å². The Kier molecular flexibility index (Phi) is 6.42. The third kappa shape index (κ3) is 4.80. The fraction of sp³-hybridized carbons (Fsp3) is 0.556. The van der Waals surface area contributed by atoms with Gasteiger partial charge in [0.15, 0.2) is 0 Å². The Morgan fingerprint density at radius 1 is 1.59 bits per heavy atom. The minimum absolute atomic E-state index is 0.154. The fourth-order valence-corrected chi connectivity index (χ4v) is 5.50. The first kappa shape index (κ1) is 15.9. The summed E-state index contributed by atoms with van der Waals surface area (Å²) in [5.74, 6) is 0. The summed E-state index contributed by atoms with van der Waals surface area (Å²) in [5, 5.41) is 0.416. The van der Waals surface area contributed by atoms with Gasteiger partial charge in [0.2, 0.25) is 10.0 Å². The standard InChI is InChI=1S/C9H12Br2ClNO2S2/c1-2-3-6(10)5-13-17(14,15)8-4-7(12)9(11)16-8/h4,6,13H,2-3,5H2,1H3. The minimum Gasteiger partial charge on any atom is -0.209 e. The van der Waals surface area contributed by atoms with E-state index in [4.69, 9.17) is 11.6 Å². The zero-order valence-electron chi connectivity index (χ0n) is 9.04. The van der Waals surface area contributed by atoms with Crippen LogP contribution in [0.1, 0.15) is 19.8 Å². The first-order valence-electron chi connectivity index (χ1n) is 4.95. The van der Waals surface area contributed by atoms with Gasteiger partial charge in [-0.2, -0.15) is 0 Å². The monoisotopic (exact) mass is 423 g/mol. The van der Waals surface area contributed by atoms with Crippen molar-refractivity contribution in [1.29, 1.82) is 0 Å². The minimum atomic E-state index is -3.45. The topological polar surface area (TPSA) is 46.2 Å². The van der Waals surface area contributed by atoms with E-state index < -0.39 is 10.0 Å². The molecule has 0 fully saturated rings. The summed E-state index contributed by atoms with van der Waals surface area (Å²) in [5.41, 5.74) is 0. The average molecular weight is 426 g/mol. The lowest BCUT2D eigenvalue weighted by Gasteiger charge is -2.09. The highest BCUT2D eigenvalue weighted by Crippen LogP contribution is 2.34. The predicted molar refractivity (Wildman–Crippen MR) is 79.8 cm³/mol. The van der Waals surface area contributed by atoms with Crippen LogP contribution in [0.2, 0.25) is 5.02 Å². The van der Waals surface area contributed by atoms with E-state index in [1.165, 1.54) is 6.07 Å². The van der Waals surface area contributed by atoms with Gasteiger partial charge in [-0.05, 0) is 28.4 Å². The van der Waals surface area contributed by atoms with Crippen LogP contribution in [-0.2, 0) is 10.0 Å². The average Bonchev–Trinajstić information content (AvgIpc) is 2.58. The Morgan fingerprint density at radius 3 is 2.71 bits per heavy atom. The number of hydrogen-bond acceptors (Lipinski definition) is 3. The Labute approximate surface area is 127 Å². The molecule has 1 aromatic rings. The molecule has 0 spiro atoms. The van der Waals surface area contributed by atoms with Gasteiger partial charge in [0.1, 0.15) is 4.21 Å². The Bertz CT molecular complexity index is 456. The number of sulfonamides is 1. The van der Waals surface area contributed by atoms with Crippen molar-refractivity contribution in [3.63, 3.8) is 0 Å². The van der Waals surface area contributed by atoms with Gasteiger partial charge in [0.05, 0.1) is 8.81 Å².